The summed E-state index contributed by atoms with van der Waals surface area (Å²) in [6, 6.07) is 8.87. The van der Waals surface area contributed by atoms with Crippen molar-refractivity contribution < 1.29 is 27.5 Å². The monoisotopic (exact) mass is 412 g/mol. The van der Waals surface area contributed by atoms with Crippen LogP contribution >= 0.6 is 11.6 Å². The number of hydrogen-bond acceptors (Lipinski definition) is 4. The second-order valence-corrected chi connectivity index (χ2v) is 8.06. The van der Waals surface area contributed by atoms with Gasteiger partial charge in [-0.15, -0.1) is 0 Å². The van der Waals surface area contributed by atoms with E-state index < -0.39 is 27.7 Å². The van der Waals surface area contributed by atoms with Gasteiger partial charge >= 0.3 is 5.97 Å². The summed E-state index contributed by atoms with van der Waals surface area (Å²) >= 11 is 5.64. The van der Waals surface area contributed by atoms with E-state index in [0.717, 1.165) is 12.1 Å². The molecular weight excluding hydrogens is 399 g/mol. The lowest BCUT2D eigenvalue weighted by atomic mass is 10.1. The second kappa shape index (κ2) is 7.16. The van der Waals surface area contributed by atoms with Gasteiger partial charge in [-0.05, 0) is 42.5 Å². The van der Waals surface area contributed by atoms with Crippen LogP contribution in [0.15, 0.2) is 47.4 Å². The number of rotatable bonds is 5. The number of carboxylic acids is 1. The van der Waals surface area contributed by atoms with Crippen LogP contribution in [0.4, 0.5) is 15.8 Å². The zero-order chi connectivity index (χ0) is 19.8. The van der Waals surface area contributed by atoms with E-state index in [0.29, 0.717) is 5.69 Å². The molecule has 1 amide bonds. The third-order valence-electron chi connectivity index (χ3n) is 4.10. The van der Waals surface area contributed by atoms with Gasteiger partial charge < -0.3 is 10.0 Å². The van der Waals surface area contributed by atoms with E-state index in [-0.39, 0.29) is 34.5 Å². The maximum Gasteiger partial charge on any atom is 0.308 e. The van der Waals surface area contributed by atoms with Crippen LogP contribution in [-0.4, -0.2) is 31.9 Å². The lowest BCUT2D eigenvalue weighted by Crippen LogP contribution is -2.25. The maximum atomic E-state index is 13.2. The van der Waals surface area contributed by atoms with Crippen LogP contribution in [-0.2, 0) is 19.6 Å². The van der Waals surface area contributed by atoms with E-state index in [1.54, 1.807) is 0 Å². The highest BCUT2D eigenvalue weighted by Gasteiger charge is 2.35. The Morgan fingerprint density at radius 3 is 2.44 bits per heavy atom. The molecule has 2 aromatic rings. The largest absolute Gasteiger partial charge is 0.481 e. The Balaban J connectivity index is 1.79. The molecule has 0 saturated carbocycles. The van der Waals surface area contributed by atoms with E-state index in [1.165, 1.54) is 35.2 Å². The van der Waals surface area contributed by atoms with Gasteiger partial charge in [0.05, 0.1) is 21.5 Å². The van der Waals surface area contributed by atoms with Crippen LogP contribution in [0.2, 0.25) is 5.02 Å². The number of benzene rings is 2. The van der Waals surface area contributed by atoms with Crippen LogP contribution in [0.5, 0.6) is 0 Å². The van der Waals surface area contributed by atoms with E-state index in [4.69, 9.17) is 16.7 Å². The lowest BCUT2D eigenvalue weighted by molar-refractivity contribution is -0.141. The van der Waals surface area contributed by atoms with Crippen LogP contribution in [0, 0.1) is 11.7 Å². The van der Waals surface area contributed by atoms with Crippen molar-refractivity contribution in [1.82, 2.24) is 0 Å². The molecule has 1 fully saturated rings. The molecule has 0 aliphatic carbocycles. The average Bonchev–Trinajstić information content (AvgIpc) is 3.00. The molecule has 2 aromatic carbocycles. The highest BCUT2D eigenvalue weighted by Crippen LogP contribution is 2.27. The van der Waals surface area contributed by atoms with E-state index in [9.17, 15) is 22.4 Å². The molecule has 1 aliphatic heterocycles. The quantitative estimate of drug-likeness (QED) is 0.785. The van der Waals surface area contributed by atoms with Gasteiger partial charge in [-0.1, -0.05) is 11.6 Å². The van der Waals surface area contributed by atoms with Crippen molar-refractivity contribution in [3.8, 4) is 0 Å². The Morgan fingerprint density at radius 2 is 1.89 bits per heavy atom. The van der Waals surface area contributed by atoms with Crippen molar-refractivity contribution in [2.24, 2.45) is 5.92 Å². The second-order valence-electron chi connectivity index (χ2n) is 5.97. The first kappa shape index (κ1) is 19.1. The van der Waals surface area contributed by atoms with Crippen LogP contribution in [0.3, 0.4) is 0 Å². The number of halogens is 2. The highest BCUT2D eigenvalue weighted by atomic mass is 35.5. The summed E-state index contributed by atoms with van der Waals surface area (Å²) in [6.45, 7) is 0.0343. The van der Waals surface area contributed by atoms with Crippen molar-refractivity contribution >= 4 is 44.9 Å². The summed E-state index contributed by atoms with van der Waals surface area (Å²) in [4.78, 5) is 24.2. The van der Waals surface area contributed by atoms with Gasteiger partial charge in [-0.25, -0.2) is 12.8 Å². The molecule has 0 spiro atoms. The summed E-state index contributed by atoms with van der Waals surface area (Å²) in [5.74, 6) is -2.84. The first-order valence-corrected chi connectivity index (χ1v) is 9.64. The molecule has 7 nitrogen and oxygen atoms in total. The third-order valence-corrected chi connectivity index (χ3v) is 5.79. The van der Waals surface area contributed by atoms with E-state index in [2.05, 4.69) is 4.72 Å². The Morgan fingerprint density at radius 1 is 1.22 bits per heavy atom. The first-order chi connectivity index (χ1) is 12.7. The van der Waals surface area contributed by atoms with Gasteiger partial charge in [-0.3, -0.25) is 14.3 Å². The number of amides is 1. The summed E-state index contributed by atoms with van der Waals surface area (Å²) in [7, 11) is -3.95. The van der Waals surface area contributed by atoms with E-state index >= 15 is 0 Å². The number of sulfonamides is 1. The molecule has 27 heavy (non-hydrogen) atoms. The summed E-state index contributed by atoms with van der Waals surface area (Å²) < 4.78 is 40.3. The summed E-state index contributed by atoms with van der Waals surface area (Å²) in [5, 5.41) is 8.81. The van der Waals surface area contributed by atoms with Gasteiger partial charge in [-0.2, -0.15) is 0 Å². The van der Waals surface area contributed by atoms with Crippen molar-refractivity contribution in [2.45, 2.75) is 11.3 Å². The van der Waals surface area contributed by atoms with Crippen molar-refractivity contribution in [3.63, 3.8) is 0 Å². The Hall–Kier alpha value is -2.65. The number of nitrogens with one attached hydrogen (secondary N) is 1. The van der Waals surface area contributed by atoms with Crippen molar-refractivity contribution in [1.29, 1.82) is 0 Å². The van der Waals surface area contributed by atoms with Gasteiger partial charge in [0, 0.05) is 18.7 Å². The van der Waals surface area contributed by atoms with Gasteiger partial charge in [0.1, 0.15) is 5.82 Å². The summed E-state index contributed by atoms with van der Waals surface area (Å²) in [5.41, 5.74) is 0.511. The number of carbonyl (C=O) groups is 2. The Kier molecular flexibility index (Phi) is 5.07. The standard InChI is InChI=1S/C17H14ClFN2O5S/c18-14-8-11(1-6-15(14)19)20-27(25,26)13-4-2-12(3-5-13)21-9-10(17(23)24)7-16(21)22/h1-6,8,10,20H,7,9H2,(H,23,24)/t10-/m1/s1. The SMILES string of the molecule is O=C(O)[C@@H]1CC(=O)N(c2ccc(S(=O)(=O)Nc3ccc(F)c(Cl)c3)cc2)C1. The first-order valence-electron chi connectivity index (χ1n) is 7.78. The molecule has 1 aliphatic rings. The minimum absolute atomic E-state index is 0.0343. The average molecular weight is 413 g/mol. The van der Waals surface area contributed by atoms with Gasteiger partial charge in [0.2, 0.25) is 5.91 Å². The Bertz CT molecular complexity index is 1010. The number of carboxylic acid groups (broad SMARTS) is 1. The molecule has 0 bridgehead atoms. The van der Waals surface area contributed by atoms with Crippen LogP contribution in [0.1, 0.15) is 6.42 Å². The molecule has 1 atom stereocenters. The molecule has 0 unspecified atom stereocenters. The normalized spacial score (nSPS) is 17.2. The molecule has 1 heterocycles. The fraction of sp³-hybridized carbons (Fsp3) is 0.176. The Labute approximate surface area is 159 Å². The topological polar surface area (TPSA) is 104 Å². The number of anilines is 2. The fourth-order valence-corrected chi connectivity index (χ4v) is 3.93. The lowest BCUT2D eigenvalue weighted by Gasteiger charge is -2.16. The van der Waals surface area contributed by atoms with Gasteiger partial charge in [0.15, 0.2) is 0 Å². The molecule has 2 N–H and O–H groups in total. The summed E-state index contributed by atoms with van der Waals surface area (Å²) in [6.07, 6.45) is -0.0950. The molecule has 142 valence electrons. The van der Waals surface area contributed by atoms with Gasteiger partial charge in [0.25, 0.3) is 10.0 Å². The minimum atomic E-state index is -3.95. The molecule has 0 radical (unpaired) electrons. The predicted octanol–water partition coefficient (Wildman–Crippen LogP) is 2.72. The molecule has 3 rings (SSSR count). The molecule has 0 aromatic heterocycles. The fourth-order valence-electron chi connectivity index (χ4n) is 2.70. The number of hydrogen-bond donors (Lipinski definition) is 2. The predicted molar refractivity (Wildman–Crippen MR) is 96.8 cm³/mol. The third kappa shape index (κ3) is 4.04. The molecule has 1 saturated heterocycles. The number of nitrogens with zero attached hydrogens (tertiary/aromatic N) is 1. The molecular formula is C17H14ClFN2O5S. The smallest absolute Gasteiger partial charge is 0.308 e. The minimum Gasteiger partial charge on any atom is -0.481 e. The zero-order valence-corrected chi connectivity index (χ0v) is 15.3. The van der Waals surface area contributed by atoms with Crippen molar-refractivity contribution in [3.05, 3.63) is 53.3 Å². The number of aliphatic carboxylic acids is 1. The zero-order valence-electron chi connectivity index (χ0n) is 13.7. The number of carbonyl (C=O) groups excluding carboxylic acids is 1. The van der Waals surface area contributed by atoms with E-state index in [1.807, 2.05) is 0 Å². The molecule has 10 heteroatoms. The highest BCUT2D eigenvalue weighted by molar-refractivity contribution is 7.92. The maximum absolute atomic E-state index is 13.2. The van der Waals surface area contributed by atoms with Crippen molar-refractivity contribution in [2.75, 3.05) is 16.2 Å². The van der Waals surface area contributed by atoms with Crippen LogP contribution < -0.4 is 9.62 Å². The van der Waals surface area contributed by atoms with Crippen LogP contribution in [0.25, 0.3) is 0 Å².